The normalized spacial score (nSPS) is 10.7. The standard InChI is InChI=1S/C19H14Cl2N4O/c20-14-7-8-16(17(21)11-14)19(26)24-15-5-3-4-13(10-15)12-23-25-18-6-1-2-9-22-18/h1-12H,(H,22,25)(H,24,26)/b23-12-. The fourth-order valence-corrected chi connectivity index (χ4v) is 2.66. The minimum absolute atomic E-state index is 0.298. The number of benzene rings is 2. The highest BCUT2D eigenvalue weighted by atomic mass is 35.5. The number of pyridine rings is 1. The predicted molar refractivity (Wildman–Crippen MR) is 106 cm³/mol. The van der Waals surface area contributed by atoms with Crippen LogP contribution in [0.5, 0.6) is 0 Å². The Morgan fingerprint density at radius 3 is 2.69 bits per heavy atom. The van der Waals surface area contributed by atoms with Crippen LogP contribution in [0.25, 0.3) is 0 Å². The van der Waals surface area contributed by atoms with Gasteiger partial charge in [-0.2, -0.15) is 5.10 Å². The van der Waals surface area contributed by atoms with Gasteiger partial charge in [0.1, 0.15) is 5.82 Å². The zero-order chi connectivity index (χ0) is 18.4. The lowest BCUT2D eigenvalue weighted by Crippen LogP contribution is -2.12. The molecule has 7 heteroatoms. The average Bonchev–Trinajstić information content (AvgIpc) is 2.63. The van der Waals surface area contributed by atoms with Gasteiger partial charge in [0.25, 0.3) is 5.91 Å². The summed E-state index contributed by atoms with van der Waals surface area (Å²) in [5, 5.41) is 7.71. The molecule has 5 nitrogen and oxygen atoms in total. The Kier molecular flexibility index (Phi) is 5.84. The van der Waals surface area contributed by atoms with Crippen molar-refractivity contribution < 1.29 is 4.79 Å². The van der Waals surface area contributed by atoms with Gasteiger partial charge in [0.05, 0.1) is 16.8 Å². The first-order valence-electron chi connectivity index (χ1n) is 7.68. The lowest BCUT2D eigenvalue weighted by Gasteiger charge is -2.07. The van der Waals surface area contributed by atoms with Crippen molar-refractivity contribution in [2.75, 3.05) is 10.7 Å². The van der Waals surface area contributed by atoms with Crippen LogP contribution in [0.15, 0.2) is 72.0 Å². The van der Waals surface area contributed by atoms with E-state index in [0.717, 1.165) is 5.56 Å². The highest BCUT2D eigenvalue weighted by Gasteiger charge is 2.11. The van der Waals surface area contributed by atoms with Crippen LogP contribution < -0.4 is 10.7 Å². The summed E-state index contributed by atoms with van der Waals surface area (Å²) in [5.74, 6) is 0.331. The zero-order valence-corrected chi connectivity index (χ0v) is 15.0. The van der Waals surface area contributed by atoms with Gasteiger partial charge in [0, 0.05) is 16.9 Å². The molecule has 1 aromatic heterocycles. The first kappa shape index (κ1) is 17.9. The predicted octanol–water partition coefficient (Wildman–Crippen LogP) is 5.09. The lowest BCUT2D eigenvalue weighted by atomic mass is 10.2. The fraction of sp³-hybridized carbons (Fsp3) is 0. The van der Waals surface area contributed by atoms with Crippen molar-refractivity contribution in [2.45, 2.75) is 0 Å². The van der Waals surface area contributed by atoms with Gasteiger partial charge in [0.2, 0.25) is 0 Å². The van der Waals surface area contributed by atoms with Gasteiger partial charge in [-0.25, -0.2) is 4.98 Å². The van der Waals surface area contributed by atoms with E-state index in [9.17, 15) is 4.79 Å². The van der Waals surface area contributed by atoms with E-state index in [2.05, 4.69) is 20.8 Å². The van der Waals surface area contributed by atoms with Gasteiger partial charge < -0.3 is 5.32 Å². The Hall–Kier alpha value is -2.89. The third-order valence-electron chi connectivity index (χ3n) is 3.38. The molecule has 0 aliphatic carbocycles. The number of halogens is 2. The van der Waals surface area contributed by atoms with Crippen LogP contribution >= 0.6 is 23.2 Å². The molecule has 1 amide bonds. The molecule has 3 rings (SSSR count). The molecule has 26 heavy (non-hydrogen) atoms. The number of anilines is 2. The van der Waals surface area contributed by atoms with Gasteiger partial charge in [-0.15, -0.1) is 0 Å². The maximum absolute atomic E-state index is 12.4. The van der Waals surface area contributed by atoms with Crippen molar-refractivity contribution in [3.63, 3.8) is 0 Å². The highest BCUT2D eigenvalue weighted by Crippen LogP contribution is 2.22. The Morgan fingerprint density at radius 2 is 1.92 bits per heavy atom. The minimum atomic E-state index is -0.313. The van der Waals surface area contributed by atoms with Crippen molar-refractivity contribution in [2.24, 2.45) is 5.10 Å². The first-order chi connectivity index (χ1) is 12.6. The van der Waals surface area contributed by atoms with Crippen LogP contribution in [0, 0.1) is 0 Å². The molecule has 1 heterocycles. The Morgan fingerprint density at radius 1 is 1.04 bits per heavy atom. The maximum atomic E-state index is 12.4. The second kappa shape index (κ2) is 8.47. The topological polar surface area (TPSA) is 66.4 Å². The van der Waals surface area contributed by atoms with Crippen molar-refractivity contribution in [1.82, 2.24) is 4.98 Å². The summed E-state index contributed by atoms with van der Waals surface area (Å²) < 4.78 is 0. The van der Waals surface area contributed by atoms with Crippen molar-refractivity contribution in [3.8, 4) is 0 Å². The van der Waals surface area contributed by atoms with E-state index in [-0.39, 0.29) is 5.91 Å². The molecule has 2 N–H and O–H groups in total. The van der Waals surface area contributed by atoms with Gasteiger partial charge in [0.15, 0.2) is 0 Å². The molecule has 0 radical (unpaired) electrons. The number of hydrogen-bond acceptors (Lipinski definition) is 4. The average molecular weight is 385 g/mol. The summed E-state index contributed by atoms with van der Waals surface area (Å²) in [5.41, 5.74) is 4.63. The molecule has 130 valence electrons. The number of aromatic nitrogens is 1. The SMILES string of the molecule is O=C(Nc1cccc(/C=N\Nc2ccccn2)c1)c1ccc(Cl)cc1Cl. The van der Waals surface area contributed by atoms with Crippen LogP contribution in [0.3, 0.4) is 0 Å². The van der Waals surface area contributed by atoms with Crippen molar-refractivity contribution in [1.29, 1.82) is 0 Å². The van der Waals surface area contributed by atoms with Crippen LogP contribution in [0.1, 0.15) is 15.9 Å². The van der Waals surface area contributed by atoms with E-state index in [0.29, 0.717) is 27.1 Å². The summed E-state index contributed by atoms with van der Waals surface area (Å²) >= 11 is 11.9. The Labute approximate surface area is 160 Å². The van der Waals surface area contributed by atoms with E-state index in [1.54, 1.807) is 36.7 Å². The number of carbonyl (C=O) groups is 1. The molecule has 0 bridgehead atoms. The lowest BCUT2D eigenvalue weighted by molar-refractivity contribution is 0.102. The molecule has 0 aliphatic rings. The summed E-state index contributed by atoms with van der Waals surface area (Å²) in [6, 6.07) is 17.5. The molecule has 3 aromatic rings. The quantitative estimate of drug-likeness (QED) is 0.475. The number of nitrogens with zero attached hydrogens (tertiary/aromatic N) is 2. The number of rotatable bonds is 5. The second-order valence-corrected chi connectivity index (χ2v) is 6.13. The Bertz CT molecular complexity index is 945. The largest absolute Gasteiger partial charge is 0.322 e. The molecule has 0 fully saturated rings. The number of hydrogen-bond donors (Lipinski definition) is 2. The van der Waals surface area contributed by atoms with Gasteiger partial charge in [-0.05, 0) is 48.0 Å². The number of nitrogens with one attached hydrogen (secondary N) is 2. The minimum Gasteiger partial charge on any atom is -0.322 e. The first-order valence-corrected chi connectivity index (χ1v) is 8.44. The molecular weight excluding hydrogens is 371 g/mol. The van der Waals surface area contributed by atoms with E-state index < -0.39 is 0 Å². The molecule has 0 unspecified atom stereocenters. The van der Waals surface area contributed by atoms with Crippen LogP contribution in [-0.4, -0.2) is 17.1 Å². The van der Waals surface area contributed by atoms with E-state index in [4.69, 9.17) is 23.2 Å². The van der Waals surface area contributed by atoms with E-state index in [1.165, 1.54) is 6.07 Å². The molecule has 2 aromatic carbocycles. The van der Waals surface area contributed by atoms with Crippen LogP contribution in [0.2, 0.25) is 10.0 Å². The van der Waals surface area contributed by atoms with Crippen LogP contribution in [-0.2, 0) is 0 Å². The molecule has 0 saturated heterocycles. The number of amides is 1. The number of carbonyl (C=O) groups excluding carboxylic acids is 1. The van der Waals surface area contributed by atoms with E-state index in [1.807, 2.05) is 30.3 Å². The van der Waals surface area contributed by atoms with Gasteiger partial charge >= 0.3 is 0 Å². The van der Waals surface area contributed by atoms with Crippen molar-refractivity contribution >= 4 is 46.8 Å². The fourth-order valence-electron chi connectivity index (χ4n) is 2.17. The molecule has 0 saturated carbocycles. The molecule has 0 spiro atoms. The molecule has 0 aliphatic heterocycles. The van der Waals surface area contributed by atoms with Crippen LogP contribution in [0.4, 0.5) is 11.5 Å². The third kappa shape index (κ3) is 4.81. The van der Waals surface area contributed by atoms with Gasteiger partial charge in [-0.1, -0.05) is 41.4 Å². The zero-order valence-electron chi connectivity index (χ0n) is 13.5. The summed E-state index contributed by atoms with van der Waals surface area (Å²) in [6.07, 6.45) is 3.31. The summed E-state index contributed by atoms with van der Waals surface area (Å²) in [6.45, 7) is 0. The number of hydrazone groups is 1. The second-order valence-electron chi connectivity index (χ2n) is 5.29. The Balaban J connectivity index is 1.68. The van der Waals surface area contributed by atoms with Gasteiger partial charge in [-0.3, -0.25) is 10.2 Å². The molecule has 0 atom stereocenters. The van der Waals surface area contributed by atoms with Crippen molar-refractivity contribution in [3.05, 3.63) is 88.0 Å². The van der Waals surface area contributed by atoms with E-state index >= 15 is 0 Å². The molecular formula is C19H14Cl2N4O. The monoisotopic (exact) mass is 384 g/mol. The smallest absolute Gasteiger partial charge is 0.257 e. The maximum Gasteiger partial charge on any atom is 0.257 e. The highest BCUT2D eigenvalue weighted by molar-refractivity contribution is 6.37. The summed E-state index contributed by atoms with van der Waals surface area (Å²) in [7, 11) is 0. The third-order valence-corrected chi connectivity index (χ3v) is 3.93. The summed E-state index contributed by atoms with van der Waals surface area (Å²) in [4.78, 5) is 16.5.